The summed E-state index contributed by atoms with van der Waals surface area (Å²) in [7, 11) is 0. The van der Waals surface area contributed by atoms with Crippen molar-refractivity contribution in [3.8, 4) is 0 Å². The number of anilines is 1. The van der Waals surface area contributed by atoms with Gasteiger partial charge in [0.1, 0.15) is 5.82 Å². The van der Waals surface area contributed by atoms with E-state index in [2.05, 4.69) is 21.9 Å². The fourth-order valence-corrected chi connectivity index (χ4v) is 4.87. The van der Waals surface area contributed by atoms with E-state index in [9.17, 15) is 14.0 Å². The Bertz CT molecular complexity index is 1190. The quantitative estimate of drug-likeness (QED) is 0.599. The third-order valence-electron chi connectivity index (χ3n) is 5.73. The van der Waals surface area contributed by atoms with Crippen LogP contribution in [0.3, 0.4) is 0 Å². The van der Waals surface area contributed by atoms with Crippen LogP contribution in [-0.4, -0.2) is 31.2 Å². The number of benzene rings is 1. The molecule has 0 bridgehead atoms. The van der Waals surface area contributed by atoms with Crippen molar-refractivity contribution in [2.24, 2.45) is 0 Å². The first-order chi connectivity index (χ1) is 15.1. The molecule has 0 aliphatic carbocycles. The van der Waals surface area contributed by atoms with Crippen LogP contribution in [0.4, 0.5) is 9.52 Å². The molecule has 1 atom stereocenters. The molecule has 2 aliphatic rings. The second kappa shape index (κ2) is 7.73. The zero-order chi connectivity index (χ0) is 21.5. The van der Waals surface area contributed by atoms with Crippen LogP contribution in [0.15, 0.2) is 42.7 Å². The van der Waals surface area contributed by atoms with E-state index < -0.39 is 17.8 Å². The minimum Gasteiger partial charge on any atom is -0.334 e. The Morgan fingerprint density at radius 3 is 3.03 bits per heavy atom. The van der Waals surface area contributed by atoms with E-state index in [1.54, 1.807) is 30.0 Å². The molecule has 31 heavy (non-hydrogen) atoms. The minimum absolute atomic E-state index is 0.0105. The molecule has 4 heterocycles. The number of nitrogens with one attached hydrogen (secondary N) is 1. The van der Waals surface area contributed by atoms with E-state index in [-0.39, 0.29) is 12.5 Å². The average molecular weight is 438 g/mol. The predicted octanol–water partition coefficient (Wildman–Crippen LogP) is 3.49. The number of aromatic nitrogens is 3. The lowest BCUT2D eigenvalue weighted by atomic mass is 10.0. The molecule has 0 saturated heterocycles. The van der Waals surface area contributed by atoms with Crippen LogP contribution in [-0.2, 0) is 30.7 Å². The largest absolute Gasteiger partial charge is 0.334 e. The lowest BCUT2D eigenvalue weighted by Gasteiger charge is -2.26. The van der Waals surface area contributed by atoms with Crippen molar-refractivity contribution in [3.63, 3.8) is 0 Å². The molecule has 2 amide bonds. The topological polar surface area (TPSA) is 80.1 Å². The van der Waals surface area contributed by atoms with Gasteiger partial charge in [-0.05, 0) is 37.0 Å². The van der Waals surface area contributed by atoms with Gasteiger partial charge in [-0.15, -0.1) is 17.9 Å². The van der Waals surface area contributed by atoms with Gasteiger partial charge in [0.15, 0.2) is 11.2 Å². The number of allylic oxidation sites excluding steroid dienone is 1. The van der Waals surface area contributed by atoms with E-state index in [0.29, 0.717) is 33.9 Å². The lowest BCUT2D eigenvalue weighted by molar-refractivity contribution is -0.121. The van der Waals surface area contributed by atoms with Crippen molar-refractivity contribution < 1.29 is 14.0 Å². The van der Waals surface area contributed by atoms with Gasteiger partial charge in [0.25, 0.3) is 11.8 Å². The maximum absolute atomic E-state index is 14.8. The third-order valence-corrected chi connectivity index (χ3v) is 6.42. The Labute approximate surface area is 182 Å². The Balaban J connectivity index is 1.55. The van der Waals surface area contributed by atoms with Gasteiger partial charge >= 0.3 is 0 Å². The van der Waals surface area contributed by atoms with Crippen LogP contribution in [0.2, 0.25) is 0 Å². The molecule has 7 nitrogen and oxygen atoms in total. The molecule has 5 rings (SSSR count). The fourth-order valence-electron chi connectivity index (χ4n) is 4.34. The number of hydrogen-bond donors (Lipinski definition) is 1. The smallest absolute Gasteiger partial charge is 0.255 e. The molecule has 2 aromatic heterocycles. The Morgan fingerprint density at radius 2 is 2.26 bits per heavy atom. The van der Waals surface area contributed by atoms with Crippen molar-refractivity contribution in [3.05, 3.63) is 76.6 Å². The first kappa shape index (κ1) is 19.6. The van der Waals surface area contributed by atoms with Gasteiger partial charge in [-0.1, -0.05) is 6.08 Å². The molecule has 1 N–H and O–H groups in total. The summed E-state index contributed by atoms with van der Waals surface area (Å²) in [4.78, 5) is 36.7. The number of carbonyl (C=O) groups excluding carboxylic acids is 2. The number of hydrogen-bond acceptors (Lipinski definition) is 5. The monoisotopic (exact) mass is 437 g/mol. The summed E-state index contributed by atoms with van der Waals surface area (Å²) in [5, 5.41) is 4.99. The summed E-state index contributed by atoms with van der Waals surface area (Å²) in [6.45, 7) is 4.52. The highest BCUT2D eigenvalue weighted by Gasteiger charge is 2.42. The van der Waals surface area contributed by atoms with Gasteiger partial charge in [-0.25, -0.2) is 14.4 Å². The molecular weight excluding hydrogens is 417 g/mol. The molecule has 2 aliphatic heterocycles. The number of thiazole rings is 1. The van der Waals surface area contributed by atoms with Gasteiger partial charge in [0.05, 0.1) is 18.6 Å². The predicted molar refractivity (Wildman–Crippen MR) is 114 cm³/mol. The third kappa shape index (κ3) is 3.34. The van der Waals surface area contributed by atoms with Crippen molar-refractivity contribution in [2.45, 2.75) is 38.4 Å². The number of aryl methyl sites for hydroxylation is 1. The highest BCUT2D eigenvalue weighted by Crippen LogP contribution is 2.36. The number of nitrogens with zero attached hydrogens (tertiary/aromatic N) is 4. The van der Waals surface area contributed by atoms with Crippen molar-refractivity contribution in [1.82, 2.24) is 19.4 Å². The van der Waals surface area contributed by atoms with Gasteiger partial charge in [-0.2, -0.15) is 0 Å². The first-order valence-electron chi connectivity index (χ1n) is 10.0. The van der Waals surface area contributed by atoms with Crippen LogP contribution < -0.4 is 5.32 Å². The number of rotatable bonds is 6. The maximum atomic E-state index is 14.8. The summed E-state index contributed by atoms with van der Waals surface area (Å²) in [6, 6.07) is 2.15. The van der Waals surface area contributed by atoms with E-state index in [0.717, 1.165) is 25.1 Å². The van der Waals surface area contributed by atoms with Crippen LogP contribution in [0, 0.1) is 5.82 Å². The van der Waals surface area contributed by atoms with E-state index >= 15 is 0 Å². The normalized spacial score (nSPS) is 15.6. The molecule has 9 heteroatoms. The average Bonchev–Trinajstić information content (AvgIpc) is 3.51. The Hall–Kier alpha value is -3.33. The van der Waals surface area contributed by atoms with Gasteiger partial charge in [-0.3, -0.25) is 14.9 Å². The van der Waals surface area contributed by atoms with Crippen LogP contribution >= 0.6 is 11.3 Å². The summed E-state index contributed by atoms with van der Waals surface area (Å²) < 4.78 is 16.8. The number of halogens is 1. The molecule has 3 aromatic rings. The molecule has 0 spiro atoms. The molecule has 158 valence electrons. The fraction of sp³-hybridized carbons (Fsp3) is 0.273. The highest BCUT2D eigenvalue weighted by molar-refractivity contribution is 7.13. The maximum Gasteiger partial charge on any atom is 0.255 e. The van der Waals surface area contributed by atoms with Gasteiger partial charge < -0.3 is 9.47 Å². The second-order valence-corrected chi connectivity index (χ2v) is 8.53. The molecule has 0 fully saturated rings. The zero-order valence-electron chi connectivity index (χ0n) is 16.7. The standard InChI is InChI=1S/C22H20FN5O2S/c1-2-4-13-9-14-15(16(23)10-13)11-28(21(14)30)19(20(29)26-22-24-6-8-31-22)18-17-5-3-7-27(17)12-25-18/h2,6,8-10,12,19H,1,3-5,7,11H2,(H,24,26,29). The summed E-state index contributed by atoms with van der Waals surface area (Å²) >= 11 is 1.29. The summed E-state index contributed by atoms with van der Waals surface area (Å²) in [6.07, 6.45) is 7.16. The summed E-state index contributed by atoms with van der Waals surface area (Å²) in [5.41, 5.74) is 2.75. The number of imidazole rings is 1. The van der Waals surface area contributed by atoms with Crippen molar-refractivity contribution >= 4 is 28.3 Å². The Morgan fingerprint density at radius 1 is 1.39 bits per heavy atom. The molecular formula is C22H20FN5O2S. The van der Waals surface area contributed by atoms with Crippen molar-refractivity contribution in [1.29, 1.82) is 0 Å². The lowest BCUT2D eigenvalue weighted by Crippen LogP contribution is -2.38. The van der Waals surface area contributed by atoms with E-state index in [1.807, 2.05) is 4.57 Å². The van der Waals surface area contributed by atoms with Crippen molar-refractivity contribution in [2.75, 3.05) is 5.32 Å². The first-order valence-corrected chi connectivity index (χ1v) is 10.9. The summed E-state index contributed by atoms with van der Waals surface area (Å²) in [5.74, 6) is -1.23. The minimum atomic E-state index is -0.972. The van der Waals surface area contributed by atoms with Gasteiger partial charge in [0.2, 0.25) is 0 Å². The SMILES string of the molecule is C=CCc1cc(F)c2c(c1)C(=O)N(C(C(=O)Nc1nccs1)c1ncn3c1CCC3)C2. The number of amides is 2. The van der Waals surface area contributed by atoms with Crippen LogP contribution in [0.25, 0.3) is 0 Å². The van der Waals surface area contributed by atoms with Crippen LogP contribution in [0.5, 0.6) is 0 Å². The zero-order valence-corrected chi connectivity index (χ0v) is 17.5. The second-order valence-electron chi connectivity index (χ2n) is 7.63. The van der Waals surface area contributed by atoms with Gasteiger partial charge in [0, 0.05) is 34.9 Å². The molecule has 1 aromatic carbocycles. The Kier molecular flexibility index (Phi) is 4.90. The molecule has 1 unspecified atom stereocenters. The van der Waals surface area contributed by atoms with Crippen LogP contribution in [0.1, 0.15) is 45.3 Å². The van der Waals surface area contributed by atoms with E-state index in [4.69, 9.17) is 0 Å². The van der Waals surface area contributed by atoms with E-state index in [1.165, 1.54) is 22.3 Å². The number of fused-ring (bicyclic) bond motifs is 2. The highest BCUT2D eigenvalue weighted by atomic mass is 32.1. The molecule has 0 saturated carbocycles. The number of carbonyl (C=O) groups is 2. The molecule has 0 radical (unpaired) electrons.